The Kier molecular flexibility index (Phi) is 5.06. The Morgan fingerprint density at radius 3 is 2.63 bits per heavy atom. The molecule has 2 rings (SSSR count). The molecule has 3 heteroatoms. The number of Topliss-reactive ketones (excluding diaryl/α,β-unsaturated/α-hetero) is 1. The highest BCUT2D eigenvalue weighted by molar-refractivity contribution is 8.01. The normalized spacial score (nSPS) is 24.4. The third kappa shape index (κ3) is 3.61. The van der Waals surface area contributed by atoms with Crippen LogP contribution in [0.15, 0.2) is 24.3 Å². The quantitative estimate of drug-likeness (QED) is 0.768. The summed E-state index contributed by atoms with van der Waals surface area (Å²) in [5, 5.41) is 0.454. The molecular weight excluding hydrogens is 256 g/mol. The molecule has 0 N–H and O–H groups in total. The second kappa shape index (κ2) is 6.58. The lowest BCUT2D eigenvalue weighted by Gasteiger charge is -2.18. The molecule has 0 amide bonds. The van der Waals surface area contributed by atoms with Crippen LogP contribution in [0.3, 0.4) is 0 Å². The Morgan fingerprint density at radius 1 is 1.42 bits per heavy atom. The number of hydrogen-bond acceptors (Lipinski definition) is 3. The Bertz CT molecular complexity index is 427. The largest absolute Gasteiger partial charge is 0.377 e. The molecule has 1 heterocycles. The summed E-state index contributed by atoms with van der Waals surface area (Å²) >= 11 is 1.75. The third-order valence-corrected chi connectivity index (χ3v) is 5.29. The van der Waals surface area contributed by atoms with E-state index in [4.69, 9.17) is 4.74 Å². The summed E-state index contributed by atoms with van der Waals surface area (Å²) in [6.45, 7) is 7.05. The summed E-state index contributed by atoms with van der Waals surface area (Å²) in [6, 6.07) is 8.00. The fourth-order valence-electron chi connectivity index (χ4n) is 2.35. The molecule has 0 radical (unpaired) electrons. The van der Waals surface area contributed by atoms with Gasteiger partial charge in [0.05, 0.1) is 11.4 Å². The van der Waals surface area contributed by atoms with Crippen LogP contribution in [0.1, 0.15) is 43.1 Å². The molecule has 3 unspecified atom stereocenters. The molecule has 104 valence electrons. The van der Waals surface area contributed by atoms with E-state index in [0.717, 1.165) is 25.0 Å². The zero-order valence-electron chi connectivity index (χ0n) is 11.9. The average Bonchev–Trinajstić information content (AvgIpc) is 2.83. The molecule has 1 fully saturated rings. The maximum atomic E-state index is 12.4. The number of benzene rings is 1. The summed E-state index contributed by atoms with van der Waals surface area (Å²) in [6.07, 6.45) is 2.33. The standard InChI is InChI=1S/C16H22O2S/c1-4-13-5-7-14(8-6-13)16(17)12(3)19-15-9-10-18-11(15)2/h5-8,11-12,15H,4,9-10H2,1-3H3. The molecular formula is C16H22O2S. The van der Waals surface area contributed by atoms with Gasteiger partial charge in [-0.2, -0.15) is 0 Å². The predicted octanol–water partition coefficient (Wildman–Crippen LogP) is 3.73. The van der Waals surface area contributed by atoms with Crippen LogP contribution in [0.25, 0.3) is 0 Å². The minimum atomic E-state index is 0.00151. The smallest absolute Gasteiger partial charge is 0.175 e. The molecule has 0 bridgehead atoms. The molecule has 0 saturated carbocycles. The second-order valence-electron chi connectivity index (χ2n) is 5.10. The van der Waals surface area contributed by atoms with Gasteiger partial charge in [-0.25, -0.2) is 0 Å². The molecule has 19 heavy (non-hydrogen) atoms. The van der Waals surface area contributed by atoms with Crippen molar-refractivity contribution in [3.05, 3.63) is 35.4 Å². The number of carbonyl (C=O) groups is 1. The Balaban J connectivity index is 1.97. The number of ketones is 1. The molecule has 1 aromatic carbocycles. The van der Waals surface area contributed by atoms with Gasteiger partial charge in [-0.1, -0.05) is 31.2 Å². The summed E-state index contributed by atoms with van der Waals surface area (Å²) < 4.78 is 5.55. The Labute approximate surface area is 119 Å². The summed E-state index contributed by atoms with van der Waals surface area (Å²) in [4.78, 5) is 12.4. The van der Waals surface area contributed by atoms with Crippen LogP contribution >= 0.6 is 11.8 Å². The molecule has 2 nitrogen and oxygen atoms in total. The first-order valence-corrected chi connectivity index (χ1v) is 7.96. The Morgan fingerprint density at radius 2 is 2.11 bits per heavy atom. The van der Waals surface area contributed by atoms with Gasteiger partial charge in [0.15, 0.2) is 5.78 Å². The van der Waals surface area contributed by atoms with E-state index in [1.807, 2.05) is 31.2 Å². The molecule has 1 aromatic rings. The van der Waals surface area contributed by atoms with Gasteiger partial charge in [-0.15, -0.1) is 11.8 Å². The fraction of sp³-hybridized carbons (Fsp3) is 0.562. The van der Waals surface area contributed by atoms with E-state index in [1.54, 1.807) is 11.8 Å². The SMILES string of the molecule is CCc1ccc(C(=O)C(C)SC2CCOC2C)cc1. The van der Waals surface area contributed by atoms with Crippen LogP contribution < -0.4 is 0 Å². The minimum absolute atomic E-state index is 0.00151. The van der Waals surface area contributed by atoms with Gasteiger partial charge in [0.1, 0.15) is 0 Å². The van der Waals surface area contributed by atoms with Crippen molar-refractivity contribution in [1.29, 1.82) is 0 Å². The minimum Gasteiger partial charge on any atom is -0.377 e. The maximum Gasteiger partial charge on any atom is 0.175 e. The van der Waals surface area contributed by atoms with Gasteiger partial charge < -0.3 is 4.74 Å². The van der Waals surface area contributed by atoms with Crippen molar-refractivity contribution in [2.75, 3.05) is 6.61 Å². The first-order chi connectivity index (χ1) is 9.11. The van der Waals surface area contributed by atoms with Gasteiger partial charge >= 0.3 is 0 Å². The summed E-state index contributed by atoms with van der Waals surface area (Å²) in [5.74, 6) is 0.228. The first kappa shape index (κ1) is 14.6. The van der Waals surface area contributed by atoms with E-state index in [-0.39, 0.29) is 17.1 Å². The summed E-state index contributed by atoms with van der Waals surface area (Å²) in [5.41, 5.74) is 2.10. The van der Waals surface area contributed by atoms with E-state index in [1.165, 1.54) is 5.56 Å². The summed E-state index contributed by atoms with van der Waals surface area (Å²) in [7, 11) is 0. The zero-order chi connectivity index (χ0) is 13.8. The lowest BCUT2D eigenvalue weighted by molar-refractivity contribution is 0.0993. The van der Waals surface area contributed by atoms with Gasteiger partial charge in [-0.05, 0) is 32.3 Å². The number of carbonyl (C=O) groups excluding carboxylic acids is 1. The number of ether oxygens (including phenoxy) is 1. The highest BCUT2D eigenvalue weighted by Crippen LogP contribution is 2.30. The topological polar surface area (TPSA) is 26.3 Å². The van der Waals surface area contributed by atoms with Gasteiger partial charge in [0.2, 0.25) is 0 Å². The van der Waals surface area contributed by atoms with E-state index < -0.39 is 0 Å². The van der Waals surface area contributed by atoms with Gasteiger partial charge in [0, 0.05) is 17.4 Å². The molecule has 0 spiro atoms. The van der Waals surface area contributed by atoms with Crippen molar-refractivity contribution in [1.82, 2.24) is 0 Å². The van der Waals surface area contributed by atoms with Crippen LogP contribution in [-0.2, 0) is 11.2 Å². The van der Waals surface area contributed by atoms with Crippen molar-refractivity contribution >= 4 is 17.5 Å². The van der Waals surface area contributed by atoms with Crippen LogP contribution in [0, 0.1) is 0 Å². The van der Waals surface area contributed by atoms with Crippen molar-refractivity contribution < 1.29 is 9.53 Å². The molecule has 1 aliphatic heterocycles. The van der Waals surface area contributed by atoms with Crippen LogP contribution in [0.2, 0.25) is 0 Å². The lowest BCUT2D eigenvalue weighted by Crippen LogP contribution is -2.22. The lowest BCUT2D eigenvalue weighted by atomic mass is 10.1. The van der Waals surface area contributed by atoms with Crippen molar-refractivity contribution in [3.8, 4) is 0 Å². The van der Waals surface area contributed by atoms with E-state index >= 15 is 0 Å². The molecule has 0 aromatic heterocycles. The van der Waals surface area contributed by atoms with Crippen LogP contribution in [0.5, 0.6) is 0 Å². The highest BCUT2D eigenvalue weighted by Gasteiger charge is 2.28. The van der Waals surface area contributed by atoms with Gasteiger partial charge in [-0.3, -0.25) is 4.79 Å². The average molecular weight is 278 g/mol. The zero-order valence-corrected chi connectivity index (χ0v) is 12.7. The highest BCUT2D eigenvalue weighted by atomic mass is 32.2. The second-order valence-corrected chi connectivity index (χ2v) is 6.68. The van der Waals surface area contributed by atoms with Crippen LogP contribution in [0.4, 0.5) is 0 Å². The van der Waals surface area contributed by atoms with E-state index in [0.29, 0.717) is 5.25 Å². The first-order valence-electron chi connectivity index (χ1n) is 7.02. The predicted molar refractivity (Wildman–Crippen MR) is 81.0 cm³/mol. The number of hydrogen-bond donors (Lipinski definition) is 0. The Hall–Kier alpha value is -0.800. The van der Waals surface area contributed by atoms with Crippen molar-refractivity contribution in [3.63, 3.8) is 0 Å². The number of aryl methyl sites for hydroxylation is 1. The van der Waals surface area contributed by atoms with Gasteiger partial charge in [0.25, 0.3) is 0 Å². The maximum absolute atomic E-state index is 12.4. The molecule has 3 atom stereocenters. The molecule has 1 saturated heterocycles. The fourth-order valence-corrected chi connectivity index (χ4v) is 3.67. The van der Waals surface area contributed by atoms with Crippen LogP contribution in [-0.4, -0.2) is 29.0 Å². The van der Waals surface area contributed by atoms with E-state index in [2.05, 4.69) is 13.8 Å². The third-order valence-electron chi connectivity index (χ3n) is 3.70. The molecule has 0 aliphatic carbocycles. The molecule has 1 aliphatic rings. The monoisotopic (exact) mass is 278 g/mol. The van der Waals surface area contributed by atoms with Crippen molar-refractivity contribution in [2.45, 2.75) is 50.2 Å². The number of rotatable bonds is 5. The van der Waals surface area contributed by atoms with Crippen molar-refractivity contribution in [2.24, 2.45) is 0 Å². The number of thioether (sulfide) groups is 1. The van der Waals surface area contributed by atoms with E-state index in [9.17, 15) is 4.79 Å².